The van der Waals surface area contributed by atoms with E-state index in [1.165, 1.54) is 0 Å². The molecule has 2 N–H and O–H groups in total. The number of pyridine rings is 1. The fourth-order valence-electron chi connectivity index (χ4n) is 3.61. The number of benzene rings is 1. The molecule has 1 aliphatic heterocycles. The molecule has 2 atom stereocenters. The van der Waals surface area contributed by atoms with Crippen LogP contribution >= 0.6 is 35.4 Å². The molecule has 0 saturated carbocycles. The van der Waals surface area contributed by atoms with E-state index >= 15 is 0 Å². The van der Waals surface area contributed by atoms with Gasteiger partial charge in [-0.25, -0.2) is 0 Å². The minimum atomic E-state index is -0.156. The van der Waals surface area contributed by atoms with E-state index in [4.69, 9.17) is 35.4 Å². The summed E-state index contributed by atoms with van der Waals surface area (Å²) in [6, 6.07) is 14.9. The highest BCUT2D eigenvalue weighted by Crippen LogP contribution is 2.40. The highest BCUT2D eigenvalue weighted by Gasteiger charge is 2.41. The minimum absolute atomic E-state index is 0.00430. The first kappa shape index (κ1) is 19.2. The molecule has 1 saturated heterocycles. The Morgan fingerprint density at radius 3 is 2.71 bits per heavy atom. The first-order valence-electron chi connectivity index (χ1n) is 8.81. The van der Waals surface area contributed by atoms with Gasteiger partial charge in [0.1, 0.15) is 0 Å². The summed E-state index contributed by atoms with van der Waals surface area (Å²) in [6.45, 7) is 0.412. The summed E-state index contributed by atoms with van der Waals surface area (Å²) >= 11 is 18.1. The van der Waals surface area contributed by atoms with Gasteiger partial charge in [0, 0.05) is 29.7 Å². The molecule has 2 aromatic heterocycles. The van der Waals surface area contributed by atoms with Gasteiger partial charge in [-0.3, -0.25) is 4.98 Å². The molecular formula is C20H18Cl2N4OS. The number of β-amino-alcohol motifs (C(OH)–C–C–N with tert-alkyl or cyclic N) is 1. The number of rotatable bonds is 5. The van der Waals surface area contributed by atoms with Crippen LogP contribution in [0.15, 0.2) is 60.9 Å². The summed E-state index contributed by atoms with van der Waals surface area (Å²) in [5.74, 6) is 0. The van der Waals surface area contributed by atoms with Crippen LogP contribution in [0, 0.1) is 0 Å². The molecule has 0 radical (unpaired) electrons. The largest absolute Gasteiger partial charge is 0.395 e. The molecule has 144 valence electrons. The maximum atomic E-state index is 9.59. The summed E-state index contributed by atoms with van der Waals surface area (Å²) in [5, 5.41) is 14.7. The van der Waals surface area contributed by atoms with Crippen molar-refractivity contribution in [2.24, 2.45) is 0 Å². The zero-order valence-electron chi connectivity index (χ0n) is 14.8. The van der Waals surface area contributed by atoms with Crippen LogP contribution in [0.25, 0.3) is 5.69 Å². The van der Waals surface area contributed by atoms with E-state index < -0.39 is 0 Å². The molecule has 0 aliphatic carbocycles. The molecule has 0 unspecified atom stereocenters. The van der Waals surface area contributed by atoms with Crippen LogP contribution in [-0.2, 0) is 0 Å². The van der Waals surface area contributed by atoms with Crippen molar-refractivity contribution in [2.75, 3.05) is 13.2 Å². The summed E-state index contributed by atoms with van der Waals surface area (Å²) in [5.41, 5.74) is 2.69. The van der Waals surface area contributed by atoms with Crippen LogP contribution in [0.3, 0.4) is 0 Å². The highest BCUT2D eigenvalue weighted by molar-refractivity contribution is 7.80. The summed E-state index contributed by atoms with van der Waals surface area (Å²) < 4.78 is 2.03. The van der Waals surface area contributed by atoms with Gasteiger partial charge in [-0.05, 0) is 54.7 Å². The maximum absolute atomic E-state index is 9.59. The Bertz CT molecular complexity index is 995. The molecule has 8 heteroatoms. The number of nitrogens with zero attached hydrogens (tertiary/aromatic N) is 3. The summed E-state index contributed by atoms with van der Waals surface area (Å²) in [6.07, 6.45) is 3.72. The van der Waals surface area contributed by atoms with Gasteiger partial charge in [0.25, 0.3) is 0 Å². The topological polar surface area (TPSA) is 53.3 Å². The van der Waals surface area contributed by atoms with Gasteiger partial charge >= 0.3 is 0 Å². The molecule has 1 fully saturated rings. The first-order valence-corrected chi connectivity index (χ1v) is 9.98. The second-order valence-corrected chi connectivity index (χ2v) is 7.67. The van der Waals surface area contributed by atoms with E-state index in [2.05, 4.69) is 10.3 Å². The lowest BCUT2D eigenvalue weighted by Crippen LogP contribution is -2.32. The van der Waals surface area contributed by atoms with Crippen molar-refractivity contribution in [1.82, 2.24) is 19.8 Å². The van der Waals surface area contributed by atoms with Crippen LogP contribution in [0.1, 0.15) is 23.5 Å². The second kappa shape index (κ2) is 8.09. The number of aliphatic hydroxyl groups excluding tert-OH is 1. The third kappa shape index (κ3) is 3.49. The fraction of sp³-hybridized carbons (Fsp3) is 0.200. The van der Waals surface area contributed by atoms with Crippen molar-refractivity contribution in [3.8, 4) is 5.69 Å². The van der Waals surface area contributed by atoms with E-state index in [1.807, 2.05) is 58.1 Å². The number of aromatic nitrogens is 2. The van der Waals surface area contributed by atoms with Crippen molar-refractivity contribution >= 4 is 40.5 Å². The molecule has 28 heavy (non-hydrogen) atoms. The lowest BCUT2D eigenvalue weighted by Gasteiger charge is -2.28. The van der Waals surface area contributed by atoms with Gasteiger partial charge in [-0.2, -0.15) is 0 Å². The Morgan fingerprint density at radius 1 is 1.14 bits per heavy atom. The predicted octanol–water partition coefficient (Wildman–Crippen LogP) is 4.14. The smallest absolute Gasteiger partial charge is 0.170 e. The molecule has 1 aromatic carbocycles. The molecule has 5 nitrogen and oxygen atoms in total. The average Bonchev–Trinajstić information content (AvgIpc) is 3.28. The number of hydrogen-bond acceptors (Lipinski definition) is 3. The third-order valence-electron chi connectivity index (χ3n) is 4.79. The van der Waals surface area contributed by atoms with Gasteiger partial charge in [0.05, 0.1) is 35.1 Å². The number of nitrogens with one attached hydrogen (secondary N) is 1. The Labute approximate surface area is 178 Å². The lowest BCUT2D eigenvalue weighted by atomic mass is 10.0. The number of halogens is 2. The number of hydrogen-bond donors (Lipinski definition) is 2. The zero-order chi connectivity index (χ0) is 19.7. The second-order valence-electron chi connectivity index (χ2n) is 6.44. The van der Waals surface area contributed by atoms with Crippen LogP contribution in [0.2, 0.25) is 10.0 Å². The fourth-order valence-corrected chi connectivity index (χ4v) is 4.44. The first-order chi connectivity index (χ1) is 13.6. The molecule has 0 spiro atoms. The lowest BCUT2D eigenvalue weighted by molar-refractivity contribution is 0.220. The summed E-state index contributed by atoms with van der Waals surface area (Å²) in [4.78, 5) is 6.51. The molecule has 4 rings (SSSR count). The van der Waals surface area contributed by atoms with E-state index in [9.17, 15) is 5.11 Å². The third-order valence-corrected chi connectivity index (χ3v) is 5.68. The quantitative estimate of drug-likeness (QED) is 0.593. The predicted molar refractivity (Wildman–Crippen MR) is 115 cm³/mol. The standard InChI is InChI=1S/C20H18Cl2N4OS/c21-13-6-7-16(14(22)12-13)25-9-3-5-17(25)19-18(15-4-1-2-8-23-15)24-20(28)26(19)10-11-27/h1-9,12,18-19,27H,10-11H2,(H,24,28)/t18-,19-/m1/s1. The van der Waals surface area contributed by atoms with Crippen molar-refractivity contribution in [3.63, 3.8) is 0 Å². The maximum Gasteiger partial charge on any atom is 0.170 e. The minimum Gasteiger partial charge on any atom is -0.395 e. The van der Waals surface area contributed by atoms with Crippen LogP contribution in [0.5, 0.6) is 0 Å². The van der Waals surface area contributed by atoms with Crippen molar-refractivity contribution in [1.29, 1.82) is 0 Å². The molecule has 3 heterocycles. The van der Waals surface area contributed by atoms with Gasteiger partial charge in [0.2, 0.25) is 0 Å². The Balaban J connectivity index is 1.83. The van der Waals surface area contributed by atoms with Crippen molar-refractivity contribution in [2.45, 2.75) is 12.1 Å². The molecular weight excluding hydrogens is 415 g/mol. The monoisotopic (exact) mass is 432 g/mol. The summed E-state index contributed by atoms with van der Waals surface area (Å²) in [7, 11) is 0. The van der Waals surface area contributed by atoms with Crippen LogP contribution in [-0.4, -0.2) is 37.8 Å². The van der Waals surface area contributed by atoms with Gasteiger partial charge in [0.15, 0.2) is 5.11 Å². The SMILES string of the molecule is OCCN1C(=S)N[C@H](c2ccccn2)[C@H]1c1cccn1-c1ccc(Cl)cc1Cl. The van der Waals surface area contributed by atoms with Crippen molar-refractivity contribution in [3.05, 3.63) is 82.4 Å². The van der Waals surface area contributed by atoms with Crippen LogP contribution in [0.4, 0.5) is 0 Å². The van der Waals surface area contributed by atoms with Crippen LogP contribution < -0.4 is 5.32 Å². The van der Waals surface area contributed by atoms with Gasteiger partial charge in [-0.15, -0.1) is 0 Å². The zero-order valence-corrected chi connectivity index (χ0v) is 17.1. The Kier molecular flexibility index (Phi) is 5.55. The highest BCUT2D eigenvalue weighted by atomic mass is 35.5. The average molecular weight is 433 g/mol. The van der Waals surface area contributed by atoms with Crippen molar-refractivity contribution < 1.29 is 5.11 Å². The van der Waals surface area contributed by atoms with E-state index in [1.54, 1.807) is 12.3 Å². The molecule has 1 aliphatic rings. The van der Waals surface area contributed by atoms with Gasteiger partial charge in [-0.1, -0.05) is 29.3 Å². The van der Waals surface area contributed by atoms with Gasteiger partial charge < -0.3 is 19.9 Å². The Morgan fingerprint density at radius 2 is 2.00 bits per heavy atom. The molecule has 3 aromatic rings. The number of thiocarbonyl (C=S) groups is 1. The normalized spacial score (nSPS) is 19.1. The molecule has 0 amide bonds. The van der Waals surface area contributed by atoms with E-state index in [0.29, 0.717) is 21.7 Å². The van der Waals surface area contributed by atoms with E-state index in [-0.39, 0.29) is 18.7 Å². The van der Waals surface area contributed by atoms with E-state index in [0.717, 1.165) is 17.1 Å². The molecule has 0 bridgehead atoms. The Hall–Kier alpha value is -2.12. The number of aliphatic hydroxyl groups is 1.